The third-order valence-corrected chi connectivity index (χ3v) is 5.11. The van der Waals surface area contributed by atoms with Crippen LogP contribution in [-0.4, -0.2) is 31.3 Å². The van der Waals surface area contributed by atoms with E-state index in [9.17, 15) is 14.9 Å². The number of nitro benzene ring substituents is 1. The summed E-state index contributed by atoms with van der Waals surface area (Å²) in [5.41, 5.74) is 3.04. The molecule has 144 valence electrons. The largest absolute Gasteiger partial charge is 0.325 e. The molecule has 3 aromatic rings. The van der Waals surface area contributed by atoms with Crippen LogP contribution in [0.1, 0.15) is 18.1 Å². The Morgan fingerprint density at radius 3 is 2.82 bits per heavy atom. The van der Waals surface area contributed by atoms with E-state index in [0.29, 0.717) is 16.4 Å². The third-order valence-electron chi connectivity index (χ3n) is 4.17. The van der Waals surface area contributed by atoms with E-state index in [1.54, 1.807) is 25.4 Å². The second-order valence-electron chi connectivity index (χ2n) is 6.06. The number of thioether (sulfide) groups is 1. The van der Waals surface area contributed by atoms with E-state index >= 15 is 0 Å². The number of carbonyl (C=O) groups excluding carboxylic acids is 1. The molecule has 0 fully saturated rings. The Kier molecular flexibility index (Phi) is 6.05. The van der Waals surface area contributed by atoms with Crippen LogP contribution in [0, 0.1) is 17.0 Å². The molecule has 0 unspecified atom stereocenters. The van der Waals surface area contributed by atoms with Gasteiger partial charge in [-0.05, 0) is 31.0 Å². The van der Waals surface area contributed by atoms with Crippen molar-refractivity contribution in [3.63, 3.8) is 0 Å². The lowest BCUT2D eigenvalue weighted by atomic mass is 10.1. The van der Waals surface area contributed by atoms with Crippen molar-refractivity contribution in [1.29, 1.82) is 0 Å². The summed E-state index contributed by atoms with van der Waals surface area (Å²) < 4.78 is 1.85. The van der Waals surface area contributed by atoms with Gasteiger partial charge in [-0.1, -0.05) is 43.0 Å². The van der Waals surface area contributed by atoms with Gasteiger partial charge in [0.1, 0.15) is 6.33 Å². The first-order valence-corrected chi connectivity index (χ1v) is 9.64. The van der Waals surface area contributed by atoms with Crippen molar-refractivity contribution in [1.82, 2.24) is 14.8 Å². The van der Waals surface area contributed by atoms with Gasteiger partial charge < -0.3 is 5.32 Å². The molecular formula is C19H19N5O3S. The maximum absolute atomic E-state index is 12.3. The van der Waals surface area contributed by atoms with Gasteiger partial charge in [-0.2, -0.15) is 0 Å². The molecule has 1 heterocycles. The summed E-state index contributed by atoms with van der Waals surface area (Å²) in [6, 6.07) is 12.6. The number of aryl methyl sites for hydroxylation is 2. The number of nitrogens with one attached hydrogen (secondary N) is 1. The molecule has 0 spiro atoms. The van der Waals surface area contributed by atoms with Crippen LogP contribution in [0.15, 0.2) is 53.9 Å². The Morgan fingerprint density at radius 2 is 2.07 bits per heavy atom. The molecule has 0 aliphatic heterocycles. The number of amides is 1. The van der Waals surface area contributed by atoms with Crippen molar-refractivity contribution in [3.05, 3.63) is 70.0 Å². The highest BCUT2D eigenvalue weighted by molar-refractivity contribution is 7.99. The number of benzene rings is 2. The van der Waals surface area contributed by atoms with Crippen LogP contribution in [0.3, 0.4) is 0 Å². The standard InChI is InChI=1S/C19H19N5O3S/c1-3-14-6-4-5-7-16(14)23-12-20-22-19(23)28-11-18(25)21-15-9-8-13(2)17(10-15)24(26)27/h4-10,12H,3,11H2,1-2H3,(H,21,25). The molecule has 0 saturated carbocycles. The van der Waals surface area contributed by atoms with Crippen molar-refractivity contribution < 1.29 is 9.72 Å². The normalized spacial score (nSPS) is 10.6. The molecule has 0 aliphatic carbocycles. The highest BCUT2D eigenvalue weighted by Gasteiger charge is 2.14. The minimum Gasteiger partial charge on any atom is -0.325 e. The second kappa shape index (κ2) is 8.66. The number of hydrogen-bond donors (Lipinski definition) is 1. The predicted molar refractivity (Wildman–Crippen MR) is 108 cm³/mol. The molecule has 8 nitrogen and oxygen atoms in total. The van der Waals surface area contributed by atoms with Gasteiger partial charge in [-0.3, -0.25) is 19.5 Å². The number of carbonyl (C=O) groups is 1. The summed E-state index contributed by atoms with van der Waals surface area (Å²) >= 11 is 1.25. The topological polar surface area (TPSA) is 103 Å². The molecule has 0 bridgehead atoms. The molecule has 1 aromatic heterocycles. The fraction of sp³-hybridized carbons (Fsp3) is 0.211. The molecule has 9 heteroatoms. The minimum absolute atomic E-state index is 0.0265. The van der Waals surface area contributed by atoms with Gasteiger partial charge >= 0.3 is 0 Å². The fourth-order valence-electron chi connectivity index (χ4n) is 2.74. The van der Waals surface area contributed by atoms with Gasteiger partial charge in [0.15, 0.2) is 5.16 Å². The van der Waals surface area contributed by atoms with Crippen LogP contribution in [0.2, 0.25) is 0 Å². The summed E-state index contributed by atoms with van der Waals surface area (Å²) in [5, 5.41) is 22.4. The lowest BCUT2D eigenvalue weighted by Crippen LogP contribution is -2.14. The maximum Gasteiger partial charge on any atom is 0.274 e. The summed E-state index contributed by atoms with van der Waals surface area (Å²) in [4.78, 5) is 22.9. The zero-order valence-corrected chi connectivity index (χ0v) is 16.3. The molecule has 0 aliphatic rings. The van der Waals surface area contributed by atoms with E-state index < -0.39 is 4.92 Å². The zero-order chi connectivity index (χ0) is 20.1. The molecule has 1 N–H and O–H groups in total. The van der Waals surface area contributed by atoms with E-state index in [2.05, 4.69) is 22.4 Å². The Balaban J connectivity index is 1.69. The minimum atomic E-state index is -0.465. The Morgan fingerprint density at radius 1 is 1.29 bits per heavy atom. The van der Waals surface area contributed by atoms with Gasteiger partial charge in [-0.25, -0.2) is 0 Å². The first-order valence-electron chi connectivity index (χ1n) is 8.65. The van der Waals surface area contributed by atoms with Gasteiger partial charge in [0.25, 0.3) is 5.69 Å². The number of para-hydroxylation sites is 1. The number of nitro groups is 1. The van der Waals surface area contributed by atoms with E-state index in [1.165, 1.54) is 17.8 Å². The smallest absolute Gasteiger partial charge is 0.274 e. The average molecular weight is 397 g/mol. The number of hydrogen-bond acceptors (Lipinski definition) is 6. The maximum atomic E-state index is 12.3. The highest BCUT2D eigenvalue weighted by atomic mass is 32.2. The van der Waals surface area contributed by atoms with Crippen LogP contribution < -0.4 is 5.32 Å². The highest BCUT2D eigenvalue weighted by Crippen LogP contribution is 2.24. The molecule has 1 amide bonds. The number of rotatable bonds is 7. The van der Waals surface area contributed by atoms with Crippen molar-refractivity contribution in [2.75, 3.05) is 11.1 Å². The quantitative estimate of drug-likeness (QED) is 0.370. The Bertz CT molecular complexity index is 1020. The van der Waals surface area contributed by atoms with Crippen molar-refractivity contribution in [3.8, 4) is 5.69 Å². The summed E-state index contributed by atoms with van der Waals surface area (Å²) in [7, 11) is 0. The van der Waals surface area contributed by atoms with Crippen molar-refractivity contribution >= 4 is 29.0 Å². The van der Waals surface area contributed by atoms with Crippen LogP contribution in [0.5, 0.6) is 0 Å². The first kappa shape index (κ1) is 19.6. The second-order valence-corrected chi connectivity index (χ2v) is 7.00. The fourth-order valence-corrected chi connectivity index (χ4v) is 3.47. The van der Waals surface area contributed by atoms with Crippen molar-refractivity contribution in [2.45, 2.75) is 25.4 Å². The first-order chi connectivity index (χ1) is 13.5. The van der Waals surface area contributed by atoms with Crippen LogP contribution >= 0.6 is 11.8 Å². The van der Waals surface area contributed by atoms with Crippen LogP contribution in [0.4, 0.5) is 11.4 Å². The van der Waals surface area contributed by atoms with Gasteiger partial charge in [0.2, 0.25) is 5.91 Å². The van der Waals surface area contributed by atoms with E-state index in [0.717, 1.165) is 17.7 Å². The Labute approximate surface area is 166 Å². The zero-order valence-electron chi connectivity index (χ0n) is 15.5. The average Bonchev–Trinajstić information content (AvgIpc) is 3.16. The number of anilines is 1. The summed E-state index contributed by atoms with van der Waals surface area (Å²) in [6.45, 7) is 3.73. The molecular weight excluding hydrogens is 378 g/mol. The van der Waals surface area contributed by atoms with E-state index in [-0.39, 0.29) is 17.3 Å². The van der Waals surface area contributed by atoms with E-state index in [4.69, 9.17) is 0 Å². The summed E-state index contributed by atoms with van der Waals surface area (Å²) in [5.74, 6) is -0.171. The molecule has 0 saturated heterocycles. The van der Waals surface area contributed by atoms with Gasteiger partial charge in [-0.15, -0.1) is 10.2 Å². The lowest BCUT2D eigenvalue weighted by Gasteiger charge is -2.10. The molecule has 0 radical (unpaired) electrons. The summed E-state index contributed by atoms with van der Waals surface area (Å²) in [6.07, 6.45) is 2.49. The van der Waals surface area contributed by atoms with Crippen LogP contribution in [0.25, 0.3) is 5.69 Å². The number of nitrogens with zero attached hydrogens (tertiary/aromatic N) is 4. The predicted octanol–water partition coefficient (Wildman–Crippen LogP) is 3.78. The molecule has 2 aromatic carbocycles. The lowest BCUT2D eigenvalue weighted by molar-refractivity contribution is -0.385. The molecule has 3 rings (SSSR count). The Hall–Kier alpha value is -3.20. The number of aromatic nitrogens is 3. The van der Waals surface area contributed by atoms with Gasteiger partial charge in [0, 0.05) is 17.3 Å². The molecule has 0 atom stereocenters. The monoisotopic (exact) mass is 397 g/mol. The van der Waals surface area contributed by atoms with E-state index in [1.807, 2.05) is 28.8 Å². The van der Waals surface area contributed by atoms with Crippen LogP contribution in [-0.2, 0) is 11.2 Å². The third kappa shape index (κ3) is 4.37. The van der Waals surface area contributed by atoms with Crippen molar-refractivity contribution in [2.24, 2.45) is 0 Å². The van der Waals surface area contributed by atoms with Gasteiger partial charge in [0.05, 0.1) is 16.4 Å². The SMILES string of the molecule is CCc1ccccc1-n1cnnc1SCC(=O)Nc1ccc(C)c([N+](=O)[O-])c1. The molecule has 28 heavy (non-hydrogen) atoms.